The molecule has 1 saturated carbocycles. The van der Waals surface area contributed by atoms with Gasteiger partial charge in [-0.1, -0.05) is 18.6 Å². The SMILES string of the molecule is Cc1cccc(C(=O)N[C@@H]2CCC[C@@H]2C(=O)O)c1I. The molecule has 1 aromatic rings. The number of halogens is 1. The van der Waals surface area contributed by atoms with Crippen LogP contribution >= 0.6 is 22.6 Å². The first-order chi connectivity index (χ1) is 9.00. The molecule has 5 heteroatoms. The number of carbonyl (C=O) groups is 2. The molecule has 1 amide bonds. The van der Waals surface area contributed by atoms with Crippen LogP contribution in [0.4, 0.5) is 0 Å². The van der Waals surface area contributed by atoms with E-state index in [4.69, 9.17) is 5.11 Å². The number of benzene rings is 1. The fourth-order valence-electron chi connectivity index (χ4n) is 2.50. The highest BCUT2D eigenvalue weighted by atomic mass is 127. The monoisotopic (exact) mass is 373 g/mol. The lowest BCUT2D eigenvalue weighted by molar-refractivity contribution is -0.142. The van der Waals surface area contributed by atoms with E-state index in [9.17, 15) is 9.59 Å². The molecular formula is C14H16INO3. The summed E-state index contributed by atoms with van der Waals surface area (Å²) in [7, 11) is 0. The lowest BCUT2D eigenvalue weighted by atomic mass is 10.0. The van der Waals surface area contributed by atoms with Crippen molar-refractivity contribution >= 4 is 34.5 Å². The van der Waals surface area contributed by atoms with Gasteiger partial charge in [0.2, 0.25) is 0 Å². The zero-order valence-electron chi connectivity index (χ0n) is 10.6. The van der Waals surface area contributed by atoms with E-state index < -0.39 is 11.9 Å². The summed E-state index contributed by atoms with van der Waals surface area (Å²) in [5, 5.41) is 12.0. The summed E-state index contributed by atoms with van der Waals surface area (Å²) in [4.78, 5) is 23.3. The number of carboxylic acids is 1. The van der Waals surface area contributed by atoms with E-state index in [-0.39, 0.29) is 11.9 Å². The van der Waals surface area contributed by atoms with Crippen molar-refractivity contribution in [3.05, 3.63) is 32.9 Å². The highest BCUT2D eigenvalue weighted by molar-refractivity contribution is 14.1. The first kappa shape index (κ1) is 14.3. The fraction of sp³-hybridized carbons (Fsp3) is 0.429. The molecule has 0 heterocycles. The topological polar surface area (TPSA) is 66.4 Å². The van der Waals surface area contributed by atoms with Crippen LogP contribution in [0.3, 0.4) is 0 Å². The van der Waals surface area contributed by atoms with Crippen LogP contribution in [-0.4, -0.2) is 23.0 Å². The number of hydrogen-bond acceptors (Lipinski definition) is 2. The van der Waals surface area contributed by atoms with Crippen molar-refractivity contribution in [2.75, 3.05) is 0 Å². The van der Waals surface area contributed by atoms with Gasteiger partial charge < -0.3 is 10.4 Å². The first-order valence-electron chi connectivity index (χ1n) is 6.29. The Morgan fingerprint density at radius 1 is 1.37 bits per heavy atom. The Morgan fingerprint density at radius 2 is 2.11 bits per heavy atom. The Labute approximate surface area is 125 Å². The summed E-state index contributed by atoms with van der Waals surface area (Å²) in [6.07, 6.45) is 2.24. The maximum absolute atomic E-state index is 12.2. The van der Waals surface area contributed by atoms with Gasteiger partial charge in [-0.25, -0.2) is 0 Å². The van der Waals surface area contributed by atoms with Crippen molar-refractivity contribution in [3.8, 4) is 0 Å². The highest BCUT2D eigenvalue weighted by Gasteiger charge is 2.34. The van der Waals surface area contributed by atoms with E-state index >= 15 is 0 Å². The minimum Gasteiger partial charge on any atom is -0.481 e. The molecule has 19 heavy (non-hydrogen) atoms. The van der Waals surface area contributed by atoms with Crippen LogP contribution in [0.5, 0.6) is 0 Å². The normalized spacial score (nSPS) is 22.2. The number of aryl methyl sites for hydroxylation is 1. The predicted molar refractivity (Wildman–Crippen MR) is 80.1 cm³/mol. The lowest BCUT2D eigenvalue weighted by Crippen LogP contribution is -2.40. The van der Waals surface area contributed by atoms with Crippen LogP contribution in [0.25, 0.3) is 0 Å². The summed E-state index contributed by atoms with van der Waals surface area (Å²) in [5.74, 6) is -1.44. The molecule has 1 aromatic carbocycles. The predicted octanol–water partition coefficient (Wildman–Crippen LogP) is 2.58. The van der Waals surface area contributed by atoms with E-state index in [0.29, 0.717) is 12.0 Å². The number of carboxylic acid groups (broad SMARTS) is 1. The Bertz CT molecular complexity index is 515. The van der Waals surface area contributed by atoms with Gasteiger partial charge in [-0.15, -0.1) is 0 Å². The fourth-order valence-corrected chi connectivity index (χ4v) is 3.10. The van der Waals surface area contributed by atoms with Gasteiger partial charge in [-0.3, -0.25) is 9.59 Å². The number of aliphatic carboxylic acids is 1. The molecule has 0 saturated heterocycles. The molecule has 0 radical (unpaired) electrons. The van der Waals surface area contributed by atoms with Crippen LogP contribution in [0.1, 0.15) is 35.2 Å². The van der Waals surface area contributed by atoms with Gasteiger partial charge in [0.05, 0.1) is 11.5 Å². The van der Waals surface area contributed by atoms with E-state index in [2.05, 4.69) is 27.9 Å². The standard InChI is InChI=1S/C14H16INO3/c1-8-4-2-6-10(12(8)15)13(17)16-11-7-3-5-9(11)14(18)19/h2,4,6,9,11H,3,5,7H2,1H3,(H,16,17)(H,18,19)/t9-,11+/m0/s1. The summed E-state index contributed by atoms with van der Waals surface area (Å²) in [5.41, 5.74) is 1.67. The minimum atomic E-state index is -0.818. The number of hydrogen-bond donors (Lipinski definition) is 2. The molecule has 4 nitrogen and oxygen atoms in total. The molecule has 0 spiro atoms. The summed E-state index contributed by atoms with van der Waals surface area (Å²) < 4.78 is 0.919. The van der Waals surface area contributed by atoms with Crippen molar-refractivity contribution in [3.63, 3.8) is 0 Å². The molecule has 1 aliphatic carbocycles. The molecule has 2 N–H and O–H groups in total. The number of amides is 1. The third kappa shape index (κ3) is 3.08. The molecule has 0 unspecified atom stereocenters. The summed E-state index contributed by atoms with van der Waals surface area (Å²) in [6, 6.07) is 5.32. The lowest BCUT2D eigenvalue weighted by Gasteiger charge is -2.18. The van der Waals surface area contributed by atoms with Gasteiger partial charge in [0, 0.05) is 9.61 Å². The molecule has 2 atom stereocenters. The van der Waals surface area contributed by atoms with Crippen molar-refractivity contribution in [1.82, 2.24) is 5.32 Å². The Kier molecular flexibility index (Phi) is 4.44. The van der Waals surface area contributed by atoms with Crippen molar-refractivity contribution < 1.29 is 14.7 Å². The van der Waals surface area contributed by atoms with Gasteiger partial charge in [0.1, 0.15) is 0 Å². The smallest absolute Gasteiger partial charge is 0.308 e. The maximum Gasteiger partial charge on any atom is 0.308 e. The maximum atomic E-state index is 12.2. The zero-order chi connectivity index (χ0) is 14.0. The Hall–Kier alpha value is -1.11. The first-order valence-corrected chi connectivity index (χ1v) is 7.37. The number of nitrogens with one attached hydrogen (secondary N) is 1. The number of rotatable bonds is 3. The van der Waals surface area contributed by atoms with Crippen molar-refractivity contribution in [1.29, 1.82) is 0 Å². The van der Waals surface area contributed by atoms with Crippen LogP contribution < -0.4 is 5.32 Å². The molecule has 0 bridgehead atoms. The van der Waals surface area contributed by atoms with Gasteiger partial charge in [-0.05, 0) is 54.0 Å². The van der Waals surface area contributed by atoms with Gasteiger partial charge in [0.25, 0.3) is 5.91 Å². The summed E-state index contributed by atoms with van der Waals surface area (Å²) in [6.45, 7) is 1.95. The van der Waals surface area contributed by atoms with Crippen molar-refractivity contribution in [2.45, 2.75) is 32.2 Å². The van der Waals surface area contributed by atoms with Crippen LogP contribution in [-0.2, 0) is 4.79 Å². The quantitative estimate of drug-likeness (QED) is 0.801. The molecule has 0 aromatic heterocycles. The molecule has 1 fully saturated rings. The second-order valence-corrected chi connectivity index (χ2v) is 5.97. The number of carbonyl (C=O) groups excluding carboxylic acids is 1. The van der Waals surface area contributed by atoms with Gasteiger partial charge >= 0.3 is 5.97 Å². The van der Waals surface area contributed by atoms with Crippen LogP contribution in [0.15, 0.2) is 18.2 Å². The van der Waals surface area contributed by atoms with E-state index in [1.165, 1.54) is 0 Å². The highest BCUT2D eigenvalue weighted by Crippen LogP contribution is 2.26. The Balaban J connectivity index is 2.13. The van der Waals surface area contributed by atoms with E-state index in [1.54, 1.807) is 6.07 Å². The van der Waals surface area contributed by atoms with Crippen LogP contribution in [0.2, 0.25) is 0 Å². The molecule has 2 rings (SSSR count). The molecule has 1 aliphatic rings. The van der Waals surface area contributed by atoms with E-state index in [1.807, 2.05) is 19.1 Å². The molecule has 102 valence electrons. The van der Waals surface area contributed by atoms with Crippen molar-refractivity contribution in [2.24, 2.45) is 5.92 Å². The summed E-state index contributed by atoms with van der Waals surface area (Å²) >= 11 is 2.15. The second kappa shape index (κ2) is 5.90. The third-order valence-corrected chi connectivity index (χ3v) is 5.02. The Morgan fingerprint density at radius 3 is 2.79 bits per heavy atom. The second-order valence-electron chi connectivity index (χ2n) is 4.89. The minimum absolute atomic E-state index is 0.175. The largest absolute Gasteiger partial charge is 0.481 e. The average Bonchev–Trinajstić information content (AvgIpc) is 2.80. The molecular weight excluding hydrogens is 357 g/mol. The average molecular weight is 373 g/mol. The third-order valence-electron chi connectivity index (χ3n) is 3.59. The zero-order valence-corrected chi connectivity index (χ0v) is 12.8. The van der Waals surface area contributed by atoms with E-state index in [0.717, 1.165) is 22.0 Å². The molecule has 0 aliphatic heterocycles. The van der Waals surface area contributed by atoms with Crippen LogP contribution in [0, 0.1) is 16.4 Å². The van der Waals surface area contributed by atoms with Gasteiger partial charge in [-0.2, -0.15) is 0 Å². The van der Waals surface area contributed by atoms with Gasteiger partial charge in [0.15, 0.2) is 0 Å².